The largest absolute Gasteiger partial charge is 0.479 e. The lowest BCUT2D eigenvalue weighted by Gasteiger charge is -2.30. The van der Waals surface area contributed by atoms with E-state index in [2.05, 4.69) is 4.98 Å². The fraction of sp³-hybridized carbons (Fsp3) is 0.391. The van der Waals surface area contributed by atoms with Gasteiger partial charge in [-0.1, -0.05) is 0 Å². The van der Waals surface area contributed by atoms with Gasteiger partial charge in [0.15, 0.2) is 11.9 Å². The number of anilines is 1. The lowest BCUT2D eigenvalue weighted by molar-refractivity contribution is -0.125. The number of likely N-dealkylation sites (N-methyl/N-ethyl adjacent to an activating group) is 1. The van der Waals surface area contributed by atoms with Crippen LogP contribution in [-0.4, -0.2) is 34.4 Å². The number of carbonyl (C=O) groups excluding carboxylic acids is 2. The van der Waals surface area contributed by atoms with Crippen LogP contribution in [0.5, 0.6) is 5.75 Å². The number of nitrogens with zero attached hydrogens (tertiary/aromatic N) is 3. The Morgan fingerprint density at radius 2 is 2.03 bits per heavy atom. The molecule has 0 bridgehead atoms. The molecule has 1 aromatic carbocycles. The molecule has 1 amide bonds. The van der Waals surface area contributed by atoms with Crippen molar-refractivity contribution >= 4 is 38.9 Å². The van der Waals surface area contributed by atoms with Gasteiger partial charge in [0, 0.05) is 17.5 Å². The normalized spacial score (nSPS) is 19.0. The molecule has 3 aromatic rings. The summed E-state index contributed by atoms with van der Waals surface area (Å²) in [6.45, 7) is 3.41. The van der Waals surface area contributed by atoms with Gasteiger partial charge >= 0.3 is 0 Å². The van der Waals surface area contributed by atoms with Crippen molar-refractivity contribution in [2.45, 2.75) is 51.7 Å². The van der Waals surface area contributed by atoms with E-state index in [1.165, 1.54) is 20.7 Å². The molecular weight excluding hydrogens is 414 g/mol. The number of fused-ring (bicyclic) bond motifs is 4. The molecule has 2 aromatic heterocycles. The van der Waals surface area contributed by atoms with E-state index in [-0.39, 0.29) is 17.2 Å². The highest BCUT2D eigenvalue weighted by Gasteiger charge is 2.30. The summed E-state index contributed by atoms with van der Waals surface area (Å²) in [5.41, 5.74) is 1.92. The second kappa shape index (κ2) is 7.30. The van der Waals surface area contributed by atoms with Gasteiger partial charge in [-0.3, -0.25) is 19.0 Å². The van der Waals surface area contributed by atoms with Gasteiger partial charge in [-0.2, -0.15) is 0 Å². The quantitative estimate of drug-likeness (QED) is 0.586. The molecule has 160 valence electrons. The highest BCUT2D eigenvalue weighted by molar-refractivity contribution is 7.18. The molecule has 3 heterocycles. The minimum Gasteiger partial charge on any atom is -0.479 e. The van der Waals surface area contributed by atoms with Gasteiger partial charge in [0.1, 0.15) is 10.6 Å². The summed E-state index contributed by atoms with van der Waals surface area (Å²) < 4.78 is 7.07. The van der Waals surface area contributed by atoms with Crippen LogP contribution in [0.3, 0.4) is 0 Å². The number of carbonyl (C=O) groups is 2. The maximum absolute atomic E-state index is 13.3. The van der Waals surface area contributed by atoms with Crippen molar-refractivity contribution in [3.05, 3.63) is 50.9 Å². The Hall–Kier alpha value is -3.00. The molecule has 5 rings (SSSR count). The molecule has 0 saturated carbocycles. The summed E-state index contributed by atoms with van der Waals surface area (Å²) in [5.74, 6) is 0.178. The predicted octanol–water partition coefficient (Wildman–Crippen LogP) is 3.52. The first-order valence-electron chi connectivity index (χ1n) is 10.5. The Kier molecular flexibility index (Phi) is 4.69. The maximum atomic E-state index is 13.3. The van der Waals surface area contributed by atoms with Crippen molar-refractivity contribution in [2.24, 2.45) is 0 Å². The number of Topliss-reactive ketones (excluding diaryl/α,β-unsaturated/α-hetero) is 1. The fourth-order valence-electron chi connectivity index (χ4n) is 4.47. The number of thiophene rings is 1. The van der Waals surface area contributed by atoms with E-state index in [9.17, 15) is 14.4 Å². The van der Waals surface area contributed by atoms with E-state index >= 15 is 0 Å². The van der Waals surface area contributed by atoms with E-state index in [1.54, 1.807) is 50.4 Å². The Bertz CT molecular complexity index is 1290. The summed E-state index contributed by atoms with van der Waals surface area (Å²) in [5, 5.41) is 0.667. The van der Waals surface area contributed by atoms with Crippen molar-refractivity contribution in [1.82, 2.24) is 9.55 Å². The number of hydrogen-bond donors (Lipinski definition) is 0. The third-order valence-corrected chi connectivity index (χ3v) is 7.48. The number of hydrogen-bond acceptors (Lipinski definition) is 6. The second-order valence-corrected chi connectivity index (χ2v) is 9.31. The zero-order valence-electron chi connectivity index (χ0n) is 17.7. The molecule has 0 saturated heterocycles. The molecule has 0 radical (unpaired) electrons. The van der Waals surface area contributed by atoms with E-state index in [0.717, 1.165) is 36.1 Å². The first-order valence-corrected chi connectivity index (χ1v) is 11.3. The smallest absolute Gasteiger partial charge is 0.267 e. The molecule has 7 nitrogen and oxygen atoms in total. The standard InChI is InChI=1S/C23H23N3O4S/c1-12(20(27)14-8-9-17-16(10-14)25(3)22(28)13(2)30-17)26-11-24-21-19(23(26)29)15-6-4-5-7-18(15)31-21/h8-13H,4-7H2,1-3H3. The molecule has 1 aliphatic heterocycles. The van der Waals surface area contributed by atoms with Gasteiger partial charge in [-0.05, 0) is 63.3 Å². The molecular formula is C23H23N3O4S. The lowest BCUT2D eigenvalue weighted by atomic mass is 9.97. The molecule has 2 unspecified atom stereocenters. The summed E-state index contributed by atoms with van der Waals surface area (Å²) >= 11 is 1.59. The van der Waals surface area contributed by atoms with Gasteiger partial charge in [0.25, 0.3) is 11.5 Å². The third kappa shape index (κ3) is 3.08. The highest BCUT2D eigenvalue weighted by atomic mass is 32.1. The van der Waals surface area contributed by atoms with E-state index in [4.69, 9.17) is 4.74 Å². The summed E-state index contributed by atoms with van der Waals surface area (Å²) in [7, 11) is 1.67. The molecule has 2 aliphatic rings. The summed E-state index contributed by atoms with van der Waals surface area (Å²) in [6, 6.07) is 4.32. The Morgan fingerprint density at radius 3 is 2.84 bits per heavy atom. The predicted molar refractivity (Wildman–Crippen MR) is 120 cm³/mol. The fourth-order valence-corrected chi connectivity index (χ4v) is 5.69. The second-order valence-electron chi connectivity index (χ2n) is 8.23. The van der Waals surface area contributed by atoms with Crippen LogP contribution < -0.4 is 15.2 Å². The van der Waals surface area contributed by atoms with E-state index in [0.29, 0.717) is 22.4 Å². The summed E-state index contributed by atoms with van der Waals surface area (Å²) in [6.07, 6.45) is 5.01. The van der Waals surface area contributed by atoms with Crippen LogP contribution in [0.15, 0.2) is 29.3 Å². The van der Waals surface area contributed by atoms with Crippen LogP contribution in [-0.2, 0) is 17.6 Å². The molecule has 2 atom stereocenters. The number of aromatic nitrogens is 2. The van der Waals surface area contributed by atoms with Gasteiger partial charge in [-0.25, -0.2) is 4.98 Å². The van der Waals surface area contributed by atoms with Gasteiger partial charge < -0.3 is 9.64 Å². The minimum atomic E-state index is -0.717. The van der Waals surface area contributed by atoms with Gasteiger partial charge in [0.05, 0.1) is 23.4 Å². The molecule has 8 heteroatoms. The van der Waals surface area contributed by atoms with Crippen LogP contribution in [0, 0.1) is 0 Å². The molecule has 0 fully saturated rings. The Labute approximate surface area is 183 Å². The van der Waals surface area contributed by atoms with Gasteiger partial charge in [-0.15, -0.1) is 11.3 Å². The number of rotatable bonds is 3. The number of ketones is 1. The van der Waals surface area contributed by atoms with Crippen LogP contribution in [0.4, 0.5) is 5.69 Å². The monoisotopic (exact) mass is 437 g/mol. The van der Waals surface area contributed by atoms with Crippen LogP contribution in [0.25, 0.3) is 10.2 Å². The number of amides is 1. The van der Waals surface area contributed by atoms with Crippen LogP contribution in [0.2, 0.25) is 0 Å². The zero-order valence-corrected chi connectivity index (χ0v) is 18.5. The SMILES string of the molecule is CC1Oc2ccc(C(=O)C(C)n3cnc4sc5c(c4c3=O)CCCC5)cc2N(C)C1=O. The van der Waals surface area contributed by atoms with E-state index in [1.807, 2.05) is 0 Å². The van der Waals surface area contributed by atoms with Crippen molar-refractivity contribution in [2.75, 3.05) is 11.9 Å². The number of benzene rings is 1. The van der Waals surface area contributed by atoms with Gasteiger partial charge in [0.2, 0.25) is 0 Å². The molecule has 0 N–H and O–H groups in total. The topological polar surface area (TPSA) is 81.5 Å². The van der Waals surface area contributed by atoms with E-state index < -0.39 is 12.1 Å². The average Bonchev–Trinajstić information content (AvgIpc) is 3.16. The minimum absolute atomic E-state index is 0.160. The first kappa shape index (κ1) is 19.9. The number of ether oxygens (including phenoxy) is 1. The Balaban J connectivity index is 1.52. The maximum Gasteiger partial charge on any atom is 0.267 e. The average molecular weight is 438 g/mol. The third-order valence-electron chi connectivity index (χ3n) is 6.28. The zero-order chi connectivity index (χ0) is 21.9. The number of aryl methyl sites for hydroxylation is 2. The highest BCUT2D eigenvalue weighted by Crippen LogP contribution is 2.35. The van der Waals surface area contributed by atoms with Crippen LogP contribution >= 0.6 is 11.3 Å². The molecule has 0 spiro atoms. The van der Waals surface area contributed by atoms with Crippen molar-refractivity contribution in [3.8, 4) is 5.75 Å². The van der Waals surface area contributed by atoms with Crippen molar-refractivity contribution in [1.29, 1.82) is 0 Å². The summed E-state index contributed by atoms with van der Waals surface area (Å²) in [4.78, 5) is 46.8. The van der Waals surface area contributed by atoms with Crippen molar-refractivity contribution in [3.63, 3.8) is 0 Å². The molecule has 31 heavy (non-hydrogen) atoms. The Morgan fingerprint density at radius 1 is 1.26 bits per heavy atom. The molecule has 1 aliphatic carbocycles. The first-order chi connectivity index (χ1) is 14.9. The van der Waals surface area contributed by atoms with Crippen LogP contribution in [0.1, 0.15) is 53.5 Å². The lowest BCUT2D eigenvalue weighted by Crippen LogP contribution is -2.42. The van der Waals surface area contributed by atoms with Crippen molar-refractivity contribution < 1.29 is 14.3 Å².